The Kier molecular flexibility index (Phi) is 10.4. The second kappa shape index (κ2) is 14.8. The predicted molar refractivity (Wildman–Crippen MR) is 185 cm³/mol. The first-order chi connectivity index (χ1) is 24.8. The Morgan fingerprint density at radius 3 is 2.38 bits per heavy atom. The maximum Gasteiger partial charge on any atom is 0.416 e. The van der Waals surface area contributed by atoms with Gasteiger partial charge in [-0.25, -0.2) is 9.07 Å². The summed E-state index contributed by atoms with van der Waals surface area (Å²) in [6, 6.07) is 16.0. The highest BCUT2D eigenvalue weighted by molar-refractivity contribution is 6.25. The van der Waals surface area contributed by atoms with Crippen LogP contribution in [0.3, 0.4) is 0 Å². The molecule has 10 nitrogen and oxygen atoms in total. The minimum absolute atomic E-state index is 0.0714. The number of fused-ring (bicyclic) bond motifs is 1. The molecule has 15 heteroatoms. The summed E-state index contributed by atoms with van der Waals surface area (Å²) >= 11 is 0. The Morgan fingerprint density at radius 1 is 1.04 bits per heavy atom. The van der Waals surface area contributed by atoms with E-state index in [4.69, 9.17) is 17.7 Å². The number of aromatic nitrogens is 2. The van der Waals surface area contributed by atoms with Crippen LogP contribution in [-0.2, 0) is 32.4 Å². The molecule has 0 bridgehead atoms. The van der Waals surface area contributed by atoms with Crippen molar-refractivity contribution < 1.29 is 36.7 Å². The van der Waals surface area contributed by atoms with Crippen molar-refractivity contribution in [2.45, 2.75) is 31.0 Å². The molecule has 2 aliphatic heterocycles. The monoisotopic (exact) mass is 714 g/mol. The van der Waals surface area contributed by atoms with E-state index in [9.17, 15) is 31.9 Å². The van der Waals surface area contributed by atoms with Crippen LogP contribution in [-0.4, -0.2) is 85.7 Å². The molecule has 0 unspecified atom stereocenters. The first-order valence-corrected chi connectivity index (χ1v) is 16.6. The summed E-state index contributed by atoms with van der Waals surface area (Å²) in [7, 11) is 7.33. The van der Waals surface area contributed by atoms with Crippen molar-refractivity contribution in [3.05, 3.63) is 125 Å². The lowest BCUT2D eigenvalue weighted by molar-refractivity contribution is -0.137. The smallest absolute Gasteiger partial charge is 0.379 e. The molecule has 268 valence electrons. The number of rotatable bonds is 10. The molecule has 2 aliphatic rings. The molecule has 3 amide bonds. The number of benzene rings is 3. The maximum atomic E-state index is 14.5. The lowest BCUT2D eigenvalue weighted by Gasteiger charge is -2.46. The predicted octanol–water partition coefficient (Wildman–Crippen LogP) is 4.11. The zero-order chi connectivity index (χ0) is 37.2. The van der Waals surface area contributed by atoms with Crippen LogP contribution in [0.2, 0.25) is 0 Å². The second-order valence-corrected chi connectivity index (χ2v) is 12.5. The van der Waals surface area contributed by atoms with E-state index in [0.717, 1.165) is 24.3 Å². The summed E-state index contributed by atoms with van der Waals surface area (Å²) in [5, 5.41) is 8.35. The number of anilines is 1. The lowest BCUT2D eigenvalue weighted by atomic mass is 9.53. The molecule has 4 aromatic rings. The Bertz CT molecular complexity index is 1980. The molecule has 3 aromatic carbocycles. The van der Waals surface area contributed by atoms with Gasteiger partial charge in [0.05, 0.1) is 44.5 Å². The van der Waals surface area contributed by atoms with Crippen LogP contribution in [0.1, 0.15) is 39.7 Å². The van der Waals surface area contributed by atoms with Gasteiger partial charge in [0.2, 0.25) is 5.91 Å². The van der Waals surface area contributed by atoms with Crippen molar-refractivity contribution in [2.75, 3.05) is 44.3 Å². The standard InChI is InChI=1S/C37H35BF4N6O4/c1-3-47-34-30(29(45-48(34)28-10-5-4-6-11-28)21-43-32(49)23(2)22-46-16-18-52-19-17-46)36(38,25-12-14-27(39)15-13-25)31(35(47)51)44-33(50)24-8-7-9-26(20-24)37(40,41)42/h4-15,20,31H,2-3,16-19,21-22H2,1H3,(H,43,49)(H,44,50)/t31-,36+/m1/s1. The average molecular weight is 715 g/mol. The molecule has 2 N–H and O–H groups in total. The summed E-state index contributed by atoms with van der Waals surface area (Å²) in [5.74, 6) is -2.49. The molecule has 0 saturated carbocycles. The van der Waals surface area contributed by atoms with Crippen LogP contribution in [0.5, 0.6) is 0 Å². The van der Waals surface area contributed by atoms with E-state index in [1.54, 1.807) is 37.3 Å². The lowest BCUT2D eigenvalue weighted by Crippen LogP contribution is -2.64. The number of nitrogens with zero attached hydrogens (tertiary/aromatic N) is 4. The van der Waals surface area contributed by atoms with Crippen LogP contribution in [0.15, 0.2) is 91.0 Å². The van der Waals surface area contributed by atoms with Crippen molar-refractivity contribution in [1.29, 1.82) is 0 Å². The van der Waals surface area contributed by atoms with Crippen LogP contribution < -0.4 is 15.5 Å². The van der Waals surface area contributed by atoms with Gasteiger partial charge in [-0.15, -0.1) is 0 Å². The largest absolute Gasteiger partial charge is 0.416 e. The molecular formula is C37H35BF4N6O4. The fourth-order valence-corrected chi connectivity index (χ4v) is 6.56. The van der Waals surface area contributed by atoms with Gasteiger partial charge >= 0.3 is 6.18 Å². The topological polar surface area (TPSA) is 109 Å². The number of carbonyl (C=O) groups is 3. The number of amides is 3. The Hall–Kier alpha value is -5.28. The number of ether oxygens (including phenoxy) is 1. The number of halogens is 4. The number of alkyl halides is 3. The molecule has 1 aromatic heterocycles. The third-order valence-corrected chi connectivity index (χ3v) is 9.19. The zero-order valence-electron chi connectivity index (χ0n) is 28.3. The van der Waals surface area contributed by atoms with Crippen molar-refractivity contribution in [3.8, 4) is 5.69 Å². The summed E-state index contributed by atoms with van der Waals surface area (Å²) in [6.45, 7) is 8.22. The van der Waals surface area contributed by atoms with Crippen LogP contribution in [0.4, 0.5) is 23.4 Å². The molecule has 0 spiro atoms. The second-order valence-electron chi connectivity index (χ2n) is 12.5. The number of hydrogen-bond acceptors (Lipinski definition) is 6. The number of morpholine rings is 1. The van der Waals surface area contributed by atoms with Crippen molar-refractivity contribution in [3.63, 3.8) is 0 Å². The van der Waals surface area contributed by atoms with Gasteiger partial charge in [-0.05, 0) is 55.0 Å². The highest BCUT2D eigenvalue weighted by Crippen LogP contribution is 2.46. The van der Waals surface area contributed by atoms with Gasteiger partial charge in [-0.1, -0.05) is 43.0 Å². The number of carbonyl (C=O) groups excluding carboxylic acids is 3. The van der Waals surface area contributed by atoms with Gasteiger partial charge < -0.3 is 15.4 Å². The van der Waals surface area contributed by atoms with E-state index in [1.807, 2.05) is 4.90 Å². The van der Waals surface area contributed by atoms with Gasteiger partial charge in [-0.3, -0.25) is 24.2 Å². The molecule has 6 rings (SSSR count). The highest BCUT2D eigenvalue weighted by Gasteiger charge is 2.53. The van der Waals surface area contributed by atoms with E-state index in [0.29, 0.717) is 50.2 Å². The Balaban J connectivity index is 1.47. The van der Waals surface area contributed by atoms with E-state index in [-0.39, 0.29) is 41.3 Å². The van der Waals surface area contributed by atoms with Gasteiger partial charge in [-0.2, -0.15) is 18.3 Å². The Morgan fingerprint density at radius 2 is 1.73 bits per heavy atom. The van der Waals surface area contributed by atoms with Crippen molar-refractivity contribution in [1.82, 2.24) is 25.3 Å². The van der Waals surface area contributed by atoms with Gasteiger partial charge in [0.25, 0.3) is 11.8 Å². The molecule has 1 saturated heterocycles. The fourth-order valence-electron chi connectivity index (χ4n) is 6.56. The van der Waals surface area contributed by atoms with Crippen LogP contribution in [0, 0.1) is 5.82 Å². The molecule has 2 atom stereocenters. The number of likely N-dealkylation sites (N-methyl/N-ethyl adjacent to an activating group) is 1. The first-order valence-electron chi connectivity index (χ1n) is 16.6. The molecule has 52 heavy (non-hydrogen) atoms. The SMILES string of the molecule is [B][C@@]1(c2ccc(F)cc2)c2c(CNC(=O)C(=C)CN3CCOCC3)nn(-c3ccccc3)c2N(CC)C(=O)[C@H]1NC(=O)c1cccc(C(F)(F)F)c1. The molecule has 2 radical (unpaired) electrons. The Labute approximate surface area is 298 Å². The van der Waals surface area contributed by atoms with E-state index in [1.165, 1.54) is 27.8 Å². The van der Waals surface area contributed by atoms with E-state index in [2.05, 4.69) is 17.2 Å². The fraction of sp³-hybridized carbons (Fsp3) is 0.297. The highest BCUT2D eigenvalue weighted by atomic mass is 19.4. The van der Waals surface area contributed by atoms with Crippen LogP contribution in [0.25, 0.3) is 5.69 Å². The van der Waals surface area contributed by atoms with Crippen LogP contribution >= 0.6 is 0 Å². The quantitative estimate of drug-likeness (QED) is 0.146. The first kappa shape index (κ1) is 36.5. The maximum absolute atomic E-state index is 14.5. The summed E-state index contributed by atoms with van der Waals surface area (Å²) < 4.78 is 62.0. The molecule has 0 aliphatic carbocycles. The third kappa shape index (κ3) is 7.10. The summed E-state index contributed by atoms with van der Waals surface area (Å²) in [6.07, 6.45) is -4.73. The van der Waals surface area contributed by atoms with Gasteiger partial charge in [0.15, 0.2) is 0 Å². The number of nitrogens with one attached hydrogen (secondary N) is 2. The average Bonchev–Trinajstić information content (AvgIpc) is 3.53. The minimum atomic E-state index is -4.73. The van der Waals surface area contributed by atoms with Gasteiger partial charge in [0, 0.05) is 48.2 Å². The zero-order valence-corrected chi connectivity index (χ0v) is 28.3. The normalized spacial score (nSPS) is 19.2. The van der Waals surface area contributed by atoms with Crippen molar-refractivity contribution in [2.24, 2.45) is 0 Å². The number of para-hydroxylation sites is 1. The minimum Gasteiger partial charge on any atom is -0.379 e. The number of hydrogen-bond donors (Lipinski definition) is 2. The summed E-state index contributed by atoms with van der Waals surface area (Å²) in [5.41, 5.74) is 0.0946. The van der Waals surface area contributed by atoms with Gasteiger partial charge in [0.1, 0.15) is 17.7 Å². The van der Waals surface area contributed by atoms with Crippen molar-refractivity contribution >= 4 is 31.4 Å². The molecule has 1 fully saturated rings. The third-order valence-electron chi connectivity index (χ3n) is 9.19. The van der Waals surface area contributed by atoms with E-state index < -0.39 is 46.6 Å². The van der Waals surface area contributed by atoms with E-state index >= 15 is 0 Å². The summed E-state index contributed by atoms with van der Waals surface area (Å²) in [4.78, 5) is 45.0. The molecule has 3 heterocycles. The molecular weight excluding hydrogens is 679 g/mol.